The molecular weight excluding hydrogens is 246 g/mol. The fourth-order valence-electron chi connectivity index (χ4n) is 2.38. The van der Waals surface area contributed by atoms with Gasteiger partial charge in [-0.3, -0.25) is 0 Å². The molecule has 5 nitrogen and oxygen atoms in total. The maximum Gasteiger partial charge on any atom is 0.0700 e. The van der Waals surface area contributed by atoms with Gasteiger partial charge in [-0.2, -0.15) is 0 Å². The Labute approximate surface area is 116 Å². The molecule has 1 aliphatic heterocycles. The van der Waals surface area contributed by atoms with E-state index in [1.807, 2.05) is 0 Å². The van der Waals surface area contributed by atoms with Crippen LogP contribution < -0.4 is 5.32 Å². The Morgan fingerprint density at radius 3 is 2.42 bits per heavy atom. The fourth-order valence-corrected chi connectivity index (χ4v) is 2.38. The van der Waals surface area contributed by atoms with Crippen molar-refractivity contribution in [2.45, 2.75) is 19.3 Å². The summed E-state index contributed by atoms with van der Waals surface area (Å²) in [5.41, 5.74) is 0.319. The minimum atomic E-state index is 0.319. The molecule has 0 aromatic carbocycles. The molecule has 1 N–H and O–H groups in total. The Bertz CT molecular complexity index is 208. The van der Waals surface area contributed by atoms with Crippen molar-refractivity contribution in [1.29, 1.82) is 0 Å². The Morgan fingerprint density at radius 2 is 1.74 bits per heavy atom. The molecule has 1 aliphatic rings. The van der Waals surface area contributed by atoms with Gasteiger partial charge in [-0.15, -0.1) is 0 Å². The van der Waals surface area contributed by atoms with Crippen LogP contribution in [0.15, 0.2) is 0 Å². The molecule has 0 bridgehead atoms. The van der Waals surface area contributed by atoms with Crippen molar-refractivity contribution in [3.05, 3.63) is 0 Å². The molecular formula is C14H29NO4. The summed E-state index contributed by atoms with van der Waals surface area (Å²) in [6, 6.07) is 0. The number of methoxy groups -OCH3 is 2. The van der Waals surface area contributed by atoms with Crippen molar-refractivity contribution in [2.24, 2.45) is 5.41 Å². The molecule has 1 fully saturated rings. The number of hydrogen-bond acceptors (Lipinski definition) is 5. The van der Waals surface area contributed by atoms with E-state index in [1.54, 1.807) is 14.2 Å². The van der Waals surface area contributed by atoms with Crippen LogP contribution in [0.3, 0.4) is 0 Å². The molecule has 1 rings (SSSR count). The quantitative estimate of drug-likeness (QED) is 0.572. The van der Waals surface area contributed by atoms with Crippen molar-refractivity contribution in [1.82, 2.24) is 5.32 Å². The zero-order chi connectivity index (χ0) is 13.8. The van der Waals surface area contributed by atoms with E-state index >= 15 is 0 Å². The molecule has 0 unspecified atom stereocenters. The van der Waals surface area contributed by atoms with Crippen LogP contribution in [0.25, 0.3) is 0 Å². The number of hydrogen-bond donors (Lipinski definition) is 1. The third kappa shape index (κ3) is 7.22. The summed E-state index contributed by atoms with van der Waals surface area (Å²) in [4.78, 5) is 0. The van der Waals surface area contributed by atoms with Gasteiger partial charge < -0.3 is 24.3 Å². The minimum Gasteiger partial charge on any atom is -0.383 e. The summed E-state index contributed by atoms with van der Waals surface area (Å²) in [6.45, 7) is 6.57. The number of nitrogens with one attached hydrogen (secondary N) is 1. The Hall–Kier alpha value is -0.200. The molecule has 0 atom stereocenters. The first-order chi connectivity index (χ1) is 9.33. The second kappa shape index (κ2) is 10.6. The summed E-state index contributed by atoms with van der Waals surface area (Å²) >= 11 is 0. The first-order valence-electron chi connectivity index (χ1n) is 7.17. The standard InChI is InChI=1S/C14H29NO4/c1-16-10-6-15-13-14(3-7-18-8-4-14)5-9-19-12-11-17-2/h15H,3-13H2,1-2H3. The molecule has 0 aromatic heterocycles. The molecule has 114 valence electrons. The SMILES string of the molecule is COCCNCC1(CCOCCOC)CCOCC1. The normalized spacial score (nSPS) is 18.6. The van der Waals surface area contributed by atoms with Crippen LogP contribution in [-0.2, 0) is 18.9 Å². The monoisotopic (exact) mass is 275 g/mol. The molecule has 0 amide bonds. The first kappa shape index (κ1) is 16.9. The molecule has 0 saturated carbocycles. The van der Waals surface area contributed by atoms with Gasteiger partial charge in [0.15, 0.2) is 0 Å². The largest absolute Gasteiger partial charge is 0.383 e. The second-order valence-corrected chi connectivity index (χ2v) is 5.14. The molecule has 1 heterocycles. The van der Waals surface area contributed by atoms with Gasteiger partial charge in [0, 0.05) is 47.1 Å². The fraction of sp³-hybridized carbons (Fsp3) is 1.00. The molecule has 0 aromatic rings. The lowest BCUT2D eigenvalue weighted by Crippen LogP contribution is -2.41. The predicted molar refractivity (Wildman–Crippen MR) is 74.5 cm³/mol. The Kier molecular flexibility index (Phi) is 9.38. The van der Waals surface area contributed by atoms with E-state index in [4.69, 9.17) is 18.9 Å². The van der Waals surface area contributed by atoms with Crippen LogP contribution in [0.5, 0.6) is 0 Å². The van der Waals surface area contributed by atoms with E-state index in [0.29, 0.717) is 18.6 Å². The third-order valence-corrected chi connectivity index (χ3v) is 3.74. The summed E-state index contributed by atoms with van der Waals surface area (Å²) in [7, 11) is 3.43. The molecule has 5 heteroatoms. The lowest BCUT2D eigenvalue weighted by Gasteiger charge is -2.37. The zero-order valence-electron chi connectivity index (χ0n) is 12.4. The van der Waals surface area contributed by atoms with E-state index < -0.39 is 0 Å². The van der Waals surface area contributed by atoms with Crippen molar-refractivity contribution in [3.63, 3.8) is 0 Å². The molecule has 19 heavy (non-hydrogen) atoms. The molecule has 0 aliphatic carbocycles. The predicted octanol–water partition coefficient (Wildman–Crippen LogP) is 1.07. The van der Waals surface area contributed by atoms with Crippen molar-refractivity contribution in [2.75, 3.05) is 67.0 Å². The molecule has 1 saturated heterocycles. The van der Waals surface area contributed by atoms with E-state index in [0.717, 1.165) is 58.8 Å². The van der Waals surface area contributed by atoms with Crippen LogP contribution in [-0.4, -0.2) is 67.0 Å². The molecule has 0 spiro atoms. The number of rotatable bonds is 11. The maximum absolute atomic E-state index is 5.61. The third-order valence-electron chi connectivity index (χ3n) is 3.74. The van der Waals surface area contributed by atoms with Gasteiger partial charge in [0.1, 0.15) is 0 Å². The highest BCUT2D eigenvalue weighted by Crippen LogP contribution is 2.33. The smallest absolute Gasteiger partial charge is 0.0700 e. The average Bonchev–Trinajstić information content (AvgIpc) is 2.45. The number of ether oxygens (including phenoxy) is 4. The van der Waals surface area contributed by atoms with Crippen LogP contribution in [0.2, 0.25) is 0 Å². The average molecular weight is 275 g/mol. The summed E-state index contributed by atoms with van der Waals surface area (Å²) in [5.74, 6) is 0. The minimum absolute atomic E-state index is 0.319. The Morgan fingerprint density at radius 1 is 1.00 bits per heavy atom. The van der Waals surface area contributed by atoms with E-state index in [-0.39, 0.29) is 0 Å². The van der Waals surface area contributed by atoms with Gasteiger partial charge in [0.05, 0.1) is 19.8 Å². The molecule has 0 radical (unpaired) electrons. The highest BCUT2D eigenvalue weighted by molar-refractivity contribution is 4.84. The van der Waals surface area contributed by atoms with Crippen molar-refractivity contribution < 1.29 is 18.9 Å². The van der Waals surface area contributed by atoms with E-state index in [2.05, 4.69) is 5.32 Å². The van der Waals surface area contributed by atoms with Crippen LogP contribution >= 0.6 is 0 Å². The summed E-state index contributed by atoms with van der Waals surface area (Å²) in [6.07, 6.45) is 3.31. The van der Waals surface area contributed by atoms with Crippen LogP contribution in [0.4, 0.5) is 0 Å². The van der Waals surface area contributed by atoms with Crippen LogP contribution in [0, 0.1) is 5.41 Å². The van der Waals surface area contributed by atoms with E-state index in [9.17, 15) is 0 Å². The highest BCUT2D eigenvalue weighted by atomic mass is 16.5. The van der Waals surface area contributed by atoms with Gasteiger partial charge in [0.2, 0.25) is 0 Å². The topological polar surface area (TPSA) is 49.0 Å². The van der Waals surface area contributed by atoms with E-state index in [1.165, 1.54) is 0 Å². The first-order valence-corrected chi connectivity index (χ1v) is 7.17. The van der Waals surface area contributed by atoms with Gasteiger partial charge in [-0.05, 0) is 24.7 Å². The summed E-state index contributed by atoms with van der Waals surface area (Å²) < 4.78 is 21.1. The van der Waals surface area contributed by atoms with Crippen LogP contribution in [0.1, 0.15) is 19.3 Å². The lowest BCUT2D eigenvalue weighted by molar-refractivity contribution is -0.0116. The lowest BCUT2D eigenvalue weighted by atomic mass is 9.77. The maximum atomic E-state index is 5.61. The highest BCUT2D eigenvalue weighted by Gasteiger charge is 2.31. The zero-order valence-corrected chi connectivity index (χ0v) is 12.4. The van der Waals surface area contributed by atoms with Crippen molar-refractivity contribution in [3.8, 4) is 0 Å². The Balaban J connectivity index is 2.24. The van der Waals surface area contributed by atoms with Gasteiger partial charge >= 0.3 is 0 Å². The van der Waals surface area contributed by atoms with Gasteiger partial charge in [0.25, 0.3) is 0 Å². The van der Waals surface area contributed by atoms with Gasteiger partial charge in [-0.1, -0.05) is 0 Å². The van der Waals surface area contributed by atoms with Crippen molar-refractivity contribution >= 4 is 0 Å². The summed E-state index contributed by atoms with van der Waals surface area (Å²) in [5, 5.41) is 3.49. The second-order valence-electron chi connectivity index (χ2n) is 5.14. The van der Waals surface area contributed by atoms with Gasteiger partial charge in [-0.25, -0.2) is 0 Å².